The highest BCUT2D eigenvalue weighted by Crippen LogP contribution is 2.07. The number of aromatic nitrogens is 1. The Morgan fingerprint density at radius 3 is 2.94 bits per heavy atom. The lowest BCUT2D eigenvalue weighted by molar-refractivity contribution is 0.0939. The Morgan fingerprint density at radius 2 is 2.29 bits per heavy atom. The van der Waals surface area contributed by atoms with Crippen molar-refractivity contribution in [2.75, 3.05) is 25.6 Å². The molecule has 0 radical (unpaired) electrons. The number of amides is 1. The second-order valence-corrected chi connectivity index (χ2v) is 4.57. The van der Waals surface area contributed by atoms with Gasteiger partial charge >= 0.3 is 0 Å². The van der Waals surface area contributed by atoms with Crippen LogP contribution >= 0.6 is 27.5 Å². The van der Waals surface area contributed by atoms with Crippen LogP contribution < -0.4 is 5.32 Å². The molecule has 1 aromatic heterocycles. The minimum atomic E-state index is -0.171. The van der Waals surface area contributed by atoms with E-state index in [9.17, 15) is 4.79 Å². The first kappa shape index (κ1) is 14.4. The van der Waals surface area contributed by atoms with Crippen molar-refractivity contribution in [2.24, 2.45) is 0 Å². The fourth-order valence-corrected chi connectivity index (χ4v) is 1.48. The second kappa shape index (κ2) is 8.44. The zero-order valence-corrected chi connectivity index (χ0v) is 11.6. The van der Waals surface area contributed by atoms with Gasteiger partial charge in [-0.25, -0.2) is 4.98 Å². The third-order valence-electron chi connectivity index (χ3n) is 1.93. The van der Waals surface area contributed by atoms with Gasteiger partial charge in [0.2, 0.25) is 0 Å². The van der Waals surface area contributed by atoms with E-state index in [1.54, 1.807) is 18.3 Å². The maximum Gasteiger partial charge on any atom is 0.269 e. The van der Waals surface area contributed by atoms with Gasteiger partial charge in [0.05, 0.1) is 6.61 Å². The number of rotatable bonds is 7. The van der Waals surface area contributed by atoms with E-state index >= 15 is 0 Å². The van der Waals surface area contributed by atoms with Crippen LogP contribution in [0.15, 0.2) is 22.8 Å². The molecule has 6 heteroatoms. The Kier molecular flexibility index (Phi) is 7.16. The number of halogens is 2. The van der Waals surface area contributed by atoms with Gasteiger partial charge in [0.25, 0.3) is 5.91 Å². The van der Waals surface area contributed by atoms with Crippen LogP contribution in [0, 0.1) is 0 Å². The minimum absolute atomic E-state index is 0.171. The van der Waals surface area contributed by atoms with Crippen molar-refractivity contribution in [1.29, 1.82) is 0 Å². The molecule has 0 fully saturated rings. The number of nitrogens with zero attached hydrogens (tertiary/aromatic N) is 1. The average Bonchev–Trinajstić information content (AvgIpc) is 2.34. The molecule has 1 N–H and O–H groups in total. The highest BCUT2D eigenvalue weighted by Gasteiger charge is 2.05. The predicted octanol–water partition coefficient (Wildman–Crippen LogP) is 2.22. The van der Waals surface area contributed by atoms with Gasteiger partial charge in [0.1, 0.15) is 5.69 Å². The molecule has 0 aliphatic rings. The van der Waals surface area contributed by atoms with Crippen LogP contribution in [0.5, 0.6) is 0 Å². The number of hydrogen-bond donors (Lipinski definition) is 1. The Balaban J connectivity index is 2.19. The molecule has 0 aromatic carbocycles. The summed E-state index contributed by atoms with van der Waals surface area (Å²) < 4.78 is 6.03. The van der Waals surface area contributed by atoms with Crippen LogP contribution in [0.2, 0.25) is 0 Å². The molecule has 0 atom stereocenters. The van der Waals surface area contributed by atoms with Crippen molar-refractivity contribution in [3.05, 3.63) is 28.5 Å². The summed E-state index contributed by atoms with van der Waals surface area (Å²) in [6.07, 6.45) is 2.36. The van der Waals surface area contributed by atoms with Crippen LogP contribution in [-0.4, -0.2) is 36.5 Å². The van der Waals surface area contributed by atoms with E-state index in [1.165, 1.54) is 0 Å². The number of nitrogens with one attached hydrogen (secondary N) is 1. The summed E-state index contributed by atoms with van der Waals surface area (Å²) in [5.74, 6) is 0.324. The summed E-state index contributed by atoms with van der Waals surface area (Å²) in [7, 11) is 0. The molecule has 1 aromatic rings. The molecule has 0 saturated carbocycles. The third kappa shape index (κ3) is 6.00. The van der Waals surface area contributed by atoms with Crippen molar-refractivity contribution < 1.29 is 9.53 Å². The minimum Gasteiger partial charge on any atom is -0.380 e. The lowest BCUT2D eigenvalue weighted by atomic mass is 10.3. The van der Waals surface area contributed by atoms with Crippen molar-refractivity contribution in [3.63, 3.8) is 0 Å². The lowest BCUT2D eigenvalue weighted by Gasteiger charge is -2.05. The highest BCUT2D eigenvalue weighted by atomic mass is 79.9. The number of hydrogen-bond acceptors (Lipinski definition) is 3. The van der Waals surface area contributed by atoms with Gasteiger partial charge in [-0.2, -0.15) is 0 Å². The van der Waals surface area contributed by atoms with E-state index in [0.717, 1.165) is 10.9 Å². The van der Waals surface area contributed by atoms with Crippen molar-refractivity contribution in [1.82, 2.24) is 10.3 Å². The molecular weight excluding hydrogens is 307 g/mol. The maximum absolute atomic E-state index is 11.6. The summed E-state index contributed by atoms with van der Waals surface area (Å²) in [4.78, 5) is 15.6. The molecule has 1 heterocycles. The SMILES string of the molecule is O=C(NCCCOCCCl)c1ccc(Br)cn1. The molecule has 1 rings (SSSR count). The van der Waals surface area contributed by atoms with Gasteiger partial charge in [-0.3, -0.25) is 4.79 Å². The van der Waals surface area contributed by atoms with E-state index in [-0.39, 0.29) is 5.91 Å². The lowest BCUT2D eigenvalue weighted by Crippen LogP contribution is -2.26. The second-order valence-electron chi connectivity index (χ2n) is 3.27. The van der Waals surface area contributed by atoms with E-state index < -0.39 is 0 Å². The van der Waals surface area contributed by atoms with E-state index in [0.29, 0.717) is 31.3 Å². The summed E-state index contributed by atoms with van der Waals surface area (Å²) in [6.45, 7) is 1.71. The molecule has 0 spiro atoms. The average molecular weight is 322 g/mol. The molecular formula is C11H14BrClN2O2. The van der Waals surface area contributed by atoms with E-state index in [4.69, 9.17) is 16.3 Å². The largest absolute Gasteiger partial charge is 0.380 e. The monoisotopic (exact) mass is 320 g/mol. The molecule has 0 aliphatic carbocycles. The number of carbonyl (C=O) groups is 1. The summed E-state index contributed by atoms with van der Waals surface area (Å²) in [5, 5.41) is 2.77. The van der Waals surface area contributed by atoms with Crippen LogP contribution in [0.4, 0.5) is 0 Å². The quantitative estimate of drug-likeness (QED) is 0.619. The number of carbonyl (C=O) groups excluding carboxylic acids is 1. The molecule has 1 amide bonds. The summed E-state index contributed by atoms with van der Waals surface area (Å²) >= 11 is 8.71. The first-order valence-electron chi connectivity index (χ1n) is 5.27. The Hall–Kier alpha value is -0.650. The van der Waals surface area contributed by atoms with Gasteiger partial charge in [0.15, 0.2) is 0 Å². The molecule has 94 valence electrons. The number of pyridine rings is 1. The molecule has 0 bridgehead atoms. The van der Waals surface area contributed by atoms with Crippen molar-refractivity contribution in [2.45, 2.75) is 6.42 Å². The molecule has 0 aliphatic heterocycles. The molecule has 4 nitrogen and oxygen atoms in total. The third-order valence-corrected chi connectivity index (χ3v) is 2.56. The van der Waals surface area contributed by atoms with E-state index in [2.05, 4.69) is 26.2 Å². The van der Waals surface area contributed by atoms with E-state index in [1.807, 2.05) is 0 Å². The smallest absolute Gasteiger partial charge is 0.269 e. The Bertz CT molecular complexity index is 346. The topological polar surface area (TPSA) is 51.2 Å². The number of alkyl halides is 1. The zero-order valence-electron chi connectivity index (χ0n) is 9.29. The van der Waals surface area contributed by atoms with Crippen molar-refractivity contribution >= 4 is 33.4 Å². The summed E-state index contributed by atoms with van der Waals surface area (Å²) in [5.41, 5.74) is 0.412. The standard InChI is InChI=1S/C11H14BrClN2O2/c12-9-2-3-10(15-8-9)11(16)14-5-1-6-17-7-4-13/h2-3,8H,1,4-7H2,(H,14,16). The fourth-order valence-electron chi connectivity index (χ4n) is 1.13. The summed E-state index contributed by atoms with van der Waals surface area (Å²) in [6, 6.07) is 3.45. The predicted molar refractivity (Wildman–Crippen MR) is 70.4 cm³/mol. The van der Waals surface area contributed by atoms with Crippen LogP contribution in [0.25, 0.3) is 0 Å². The van der Waals surface area contributed by atoms with Crippen LogP contribution in [0.3, 0.4) is 0 Å². The molecule has 0 unspecified atom stereocenters. The molecule has 0 saturated heterocycles. The van der Waals surface area contributed by atoms with Crippen LogP contribution in [0.1, 0.15) is 16.9 Å². The van der Waals surface area contributed by atoms with Crippen LogP contribution in [-0.2, 0) is 4.74 Å². The Labute approximate surface area is 114 Å². The van der Waals surface area contributed by atoms with Gasteiger partial charge in [-0.1, -0.05) is 0 Å². The first-order chi connectivity index (χ1) is 8.24. The highest BCUT2D eigenvalue weighted by molar-refractivity contribution is 9.10. The van der Waals surface area contributed by atoms with Gasteiger partial charge in [0, 0.05) is 29.7 Å². The molecule has 17 heavy (non-hydrogen) atoms. The Morgan fingerprint density at radius 1 is 1.47 bits per heavy atom. The first-order valence-corrected chi connectivity index (χ1v) is 6.60. The number of ether oxygens (including phenoxy) is 1. The fraction of sp³-hybridized carbons (Fsp3) is 0.455. The normalized spacial score (nSPS) is 10.2. The van der Waals surface area contributed by atoms with Crippen molar-refractivity contribution in [3.8, 4) is 0 Å². The van der Waals surface area contributed by atoms with Gasteiger partial charge < -0.3 is 10.1 Å². The maximum atomic E-state index is 11.6. The van der Waals surface area contributed by atoms with Gasteiger partial charge in [-0.15, -0.1) is 11.6 Å². The van der Waals surface area contributed by atoms with Gasteiger partial charge in [-0.05, 0) is 34.5 Å². The zero-order chi connectivity index (χ0) is 12.5.